The number of benzene rings is 1. The molecule has 1 aliphatic heterocycles. The maximum Gasteiger partial charge on any atom is 0.269 e. The van der Waals surface area contributed by atoms with Crippen LogP contribution in [-0.4, -0.2) is 68.7 Å². The van der Waals surface area contributed by atoms with Gasteiger partial charge in [-0.2, -0.15) is 0 Å². The average Bonchev–Trinajstić information content (AvgIpc) is 2.60. The van der Waals surface area contributed by atoms with Crippen molar-refractivity contribution in [1.82, 2.24) is 0 Å². The molecule has 1 fully saturated rings. The van der Waals surface area contributed by atoms with Crippen LogP contribution in [0.4, 0.5) is 5.69 Å². The lowest BCUT2D eigenvalue weighted by Gasteiger charge is -2.44. The fourth-order valence-electron chi connectivity index (χ4n) is 2.70. The number of aliphatic hydroxyl groups excluding tert-OH is 1. The summed E-state index contributed by atoms with van der Waals surface area (Å²) in [4.78, 5) is 10.2. The van der Waals surface area contributed by atoms with Crippen LogP contribution in [0.25, 0.3) is 0 Å². The molecule has 9 nitrogen and oxygen atoms in total. The minimum atomic E-state index is -0.870. The third kappa shape index (κ3) is 3.82. The number of hydrogen-bond acceptors (Lipinski definition) is 8. The second-order valence-corrected chi connectivity index (χ2v) is 5.20. The molecule has 1 aromatic rings. The van der Waals surface area contributed by atoms with E-state index in [0.717, 1.165) is 0 Å². The standard InChI is InChI=1S/C15H21NO8/c1-20-12-11(8-17)24-15(14(22-3)13(12)21-2)23-10-6-4-9(5-7-10)16(18)19/h4-7,11-15,17H,8H2,1-3H3/t11-,12+,13+,14-,15-/m1/s1. The molecule has 2 rings (SSSR count). The summed E-state index contributed by atoms with van der Waals surface area (Å²) >= 11 is 0. The normalized spacial score (nSPS) is 30.1. The zero-order chi connectivity index (χ0) is 17.7. The molecule has 134 valence electrons. The third-order valence-corrected chi connectivity index (χ3v) is 3.89. The number of methoxy groups -OCH3 is 3. The molecule has 1 N–H and O–H groups in total. The smallest absolute Gasteiger partial charge is 0.269 e. The predicted octanol–water partition coefficient (Wildman–Crippen LogP) is 0.736. The molecule has 0 spiro atoms. The highest BCUT2D eigenvalue weighted by Crippen LogP contribution is 2.29. The van der Waals surface area contributed by atoms with Gasteiger partial charge in [-0.25, -0.2) is 0 Å². The number of aliphatic hydroxyl groups is 1. The predicted molar refractivity (Wildman–Crippen MR) is 81.9 cm³/mol. The van der Waals surface area contributed by atoms with E-state index in [0.29, 0.717) is 5.75 Å². The Hall–Kier alpha value is -1.78. The number of nitrogens with zero attached hydrogens (tertiary/aromatic N) is 1. The van der Waals surface area contributed by atoms with Crippen molar-refractivity contribution in [3.63, 3.8) is 0 Å². The number of nitro benzene ring substituents is 1. The molecule has 1 aliphatic rings. The Bertz CT molecular complexity index is 537. The lowest BCUT2D eigenvalue weighted by Crippen LogP contribution is -2.61. The Morgan fingerprint density at radius 3 is 2.12 bits per heavy atom. The highest BCUT2D eigenvalue weighted by Gasteiger charge is 2.48. The van der Waals surface area contributed by atoms with Gasteiger partial charge in [0.15, 0.2) is 0 Å². The summed E-state index contributed by atoms with van der Waals surface area (Å²) in [6, 6.07) is 5.59. The summed E-state index contributed by atoms with van der Waals surface area (Å²) in [6.07, 6.45) is -3.19. The van der Waals surface area contributed by atoms with Crippen LogP contribution < -0.4 is 4.74 Å². The summed E-state index contributed by atoms with van der Waals surface area (Å²) in [7, 11) is 4.48. The fraction of sp³-hybridized carbons (Fsp3) is 0.600. The molecule has 0 aromatic heterocycles. The van der Waals surface area contributed by atoms with E-state index in [1.165, 1.54) is 45.6 Å². The van der Waals surface area contributed by atoms with E-state index >= 15 is 0 Å². The molecule has 9 heteroatoms. The van der Waals surface area contributed by atoms with Crippen LogP contribution in [0.2, 0.25) is 0 Å². The molecule has 0 bridgehead atoms. The molecule has 24 heavy (non-hydrogen) atoms. The van der Waals surface area contributed by atoms with E-state index in [9.17, 15) is 15.2 Å². The molecule has 0 amide bonds. The van der Waals surface area contributed by atoms with Gasteiger partial charge in [0.05, 0.1) is 11.5 Å². The first-order valence-corrected chi connectivity index (χ1v) is 7.31. The monoisotopic (exact) mass is 343 g/mol. The van der Waals surface area contributed by atoms with E-state index in [2.05, 4.69) is 0 Å². The largest absolute Gasteiger partial charge is 0.462 e. The number of nitro groups is 1. The van der Waals surface area contributed by atoms with Gasteiger partial charge in [-0.1, -0.05) is 0 Å². The third-order valence-electron chi connectivity index (χ3n) is 3.89. The maximum atomic E-state index is 10.7. The van der Waals surface area contributed by atoms with Crippen LogP contribution in [0.1, 0.15) is 0 Å². The highest BCUT2D eigenvalue weighted by atomic mass is 16.7. The van der Waals surface area contributed by atoms with Crippen molar-refractivity contribution in [1.29, 1.82) is 0 Å². The highest BCUT2D eigenvalue weighted by molar-refractivity contribution is 5.36. The van der Waals surface area contributed by atoms with Gasteiger partial charge in [0.2, 0.25) is 6.29 Å². The molecule has 1 heterocycles. The van der Waals surface area contributed by atoms with Crippen molar-refractivity contribution in [2.24, 2.45) is 0 Å². The van der Waals surface area contributed by atoms with E-state index in [1.54, 1.807) is 0 Å². The summed E-state index contributed by atoms with van der Waals surface area (Å²) in [5, 5.41) is 20.2. The molecular formula is C15H21NO8. The molecule has 0 unspecified atom stereocenters. The summed E-state index contributed by atoms with van der Waals surface area (Å²) < 4.78 is 27.7. The minimum absolute atomic E-state index is 0.0438. The van der Waals surface area contributed by atoms with E-state index in [1.807, 2.05) is 0 Å². The van der Waals surface area contributed by atoms with E-state index in [4.69, 9.17) is 23.7 Å². The first kappa shape index (κ1) is 18.6. The van der Waals surface area contributed by atoms with E-state index < -0.39 is 35.6 Å². The average molecular weight is 343 g/mol. The Kier molecular flexibility index (Phi) is 6.46. The van der Waals surface area contributed by atoms with Crippen LogP contribution in [0, 0.1) is 10.1 Å². The van der Waals surface area contributed by atoms with Crippen molar-refractivity contribution in [3.05, 3.63) is 34.4 Å². The molecule has 5 atom stereocenters. The van der Waals surface area contributed by atoms with Gasteiger partial charge in [-0.15, -0.1) is 0 Å². The topological polar surface area (TPSA) is 110 Å². The zero-order valence-electron chi connectivity index (χ0n) is 13.7. The van der Waals surface area contributed by atoms with Crippen molar-refractivity contribution in [2.75, 3.05) is 27.9 Å². The van der Waals surface area contributed by atoms with Crippen molar-refractivity contribution in [2.45, 2.75) is 30.7 Å². The lowest BCUT2D eigenvalue weighted by molar-refractivity contribution is -0.384. The summed E-state index contributed by atoms with van der Waals surface area (Å²) in [5.74, 6) is 0.370. The van der Waals surface area contributed by atoms with Gasteiger partial charge in [0, 0.05) is 33.5 Å². The Morgan fingerprint density at radius 2 is 1.67 bits per heavy atom. The van der Waals surface area contributed by atoms with Crippen LogP contribution in [0.15, 0.2) is 24.3 Å². The minimum Gasteiger partial charge on any atom is -0.462 e. The van der Waals surface area contributed by atoms with Gasteiger partial charge in [0.25, 0.3) is 5.69 Å². The molecule has 0 aliphatic carbocycles. The molecule has 0 saturated carbocycles. The van der Waals surface area contributed by atoms with Gasteiger partial charge in [0.1, 0.15) is 30.2 Å². The second-order valence-electron chi connectivity index (χ2n) is 5.20. The van der Waals surface area contributed by atoms with Crippen molar-refractivity contribution in [3.8, 4) is 5.75 Å². The summed E-state index contributed by atoms with van der Waals surface area (Å²) in [6.45, 7) is -0.283. The number of ether oxygens (including phenoxy) is 5. The molecule has 1 aromatic carbocycles. The number of hydrogen-bond donors (Lipinski definition) is 1. The maximum absolute atomic E-state index is 10.7. The Labute approximate surface area is 139 Å². The van der Waals surface area contributed by atoms with Crippen molar-refractivity contribution >= 4 is 5.69 Å². The quantitative estimate of drug-likeness (QED) is 0.570. The zero-order valence-corrected chi connectivity index (χ0v) is 13.7. The lowest BCUT2D eigenvalue weighted by atomic mass is 9.98. The van der Waals surface area contributed by atoms with E-state index in [-0.39, 0.29) is 12.3 Å². The number of rotatable bonds is 7. The van der Waals surface area contributed by atoms with Crippen LogP contribution in [0.3, 0.4) is 0 Å². The summed E-state index contributed by atoms with van der Waals surface area (Å²) in [5.41, 5.74) is -0.0438. The molecular weight excluding hydrogens is 322 g/mol. The first-order chi connectivity index (χ1) is 11.5. The van der Waals surface area contributed by atoms with Crippen molar-refractivity contribution < 1.29 is 33.7 Å². The van der Waals surface area contributed by atoms with Gasteiger partial charge in [-0.05, 0) is 12.1 Å². The second kappa shape index (κ2) is 8.36. The fourth-order valence-corrected chi connectivity index (χ4v) is 2.70. The van der Waals surface area contributed by atoms with Gasteiger partial charge < -0.3 is 28.8 Å². The molecule has 1 saturated heterocycles. The molecule has 0 radical (unpaired) electrons. The Morgan fingerprint density at radius 1 is 1.08 bits per heavy atom. The SMILES string of the molecule is CO[C@H]1[C@@H](OC)[C@@H](CO)O[C@@H](Oc2ccc([N+](=O)[O-])cc2)[C@@H]1OC. The van der Waals surface area contributed by atoms with Gasteiger partial charge >= 0.3 is 0 Å². The Balaban J connectivity index is 2.18. The number of non-ortho nitro benzene ring substituents is 1. The van der Waals surface area contributed by atoms with Crippen LogP contribution in [-0.2, 0) is 18.9 Å². The van der Waals surface area contributed by atoms with Crippen LogP contribution in [0.5, 0.6) is 5.75 Å². The van der Waals surface area contributed by atoms with Gasteiger partial charge in [-0.3, -0.25) is 10.1 Å². The van der Waals surface area contributed by atoms with Crippen LogP contribution >= 0.6 is 0 Å². The first-order valence-electron chi connectivity index (χ1n) is 7.31.